The number of aliphatic carboxylic acids is 1. The zero-order valence-corrected chi connectivity index (χ0v) is 12.2. The van der Waals surface area contributed by atoms with E-state index in [2.05, 4.69) is 5.32 Å². The lowest BCUT2D eigenvalue weighted by atomic mass is 10.0. The van der Waals surface area contributed by atoms with Gasteiger partial charge in [-0.05, 0) is 19.9 Å². The molecule has 6 nitrogen and oxygen atoms in total. The van der Waals surface area contributed by atoms with Gasteiger partial charge in [0.05, 0.1) is 19.0 Å². The Bertz CT molecular complexity index is 532. The molecular weight excluding hydrogens is 272 g/mol. The van der Waals surface area contributed by atoms with Gasteiger partial charge in [0.25, 0.3) is 0 Å². The van der Waals surface area contributed by atoms with Crippen molar-refractivity contribution in [1.29, 1.82) is 0 Å². The number of hydrogen-bond donors (Lipinski definition) is 2. The minimum absolute atomic E-state index is 0.268. The van der Waals surface area contributed by atoms with Gasteiger partial charge in [-0.15, -0.1) is 0 Å². The smallest absolute Gasteiger partial charge is 0.318 e. The van der Waals surface area contributed by atoms with E-state index in [1.165, 1.54) is 0 Å². The summed E-state index contributed by atoms with van der Waals surface area (Å²) in [6.07, 6.45) is 0. The number of urea groups is 1. The summed E-state index contributed by atoms with van der Waals surface area (Å²) >= 11 is 0. The van der Waals surface area contributed by atoms with E-state index in [0.29, 0.717) is 19.7 Å². The fraction of sp³-hybridized carbons (Fsp3) is 0.467. The van der Waals surface area contributed by atoms with Crippen molar-refractivity contribution >= 4 is 12.0 Å². The number of nitrogens with zero attached hydrogens (tertiary/aromatic N) is 1. The van der Waals surface area contributed by atoms with Gasteiger partial charge in [0.2, 0.25) is 0 Å². The van der Waals surface area contributed by atoms with Gasteiger partial charge in [0.1, 0.15) is 12.4 Å². The highest BCUT2D eigenvalue weighted by Gasteiger charge is 2.25. The number of nitrogens with one attached hydrogen (secondary N) is 1. The Morgan fingerprint density at radius 3 is 2.76 bits per heavy atom. The van der Waals surface area contributed by atoms with Crippen LogP contribution in [0.5, 0.6) is 5.75 Å². The molecule has 1 heterocycles. The molecule has 0 bridgehead atoms. The molecule has 1 aliphatic heterocycles. The SMILES string of the molecule is CC(NC(=O)N1CCOc2ccccc2C1)C(C)C(=O)O. The number of rotatable bonds is 3. The fourth-order valence-corrected chi connectivity index (χ4v) is 2.12. The molecule has 0 saturated heterocycles. The Hall–Kier alpha value is -2.24. The molecule has 0 aliphatic carbocycles. The highest BCUT2D eigenvalue weighted by atomic mass is 16.5. The topological polar surface area (TPSA) is 78.9 Å². The largest absolute Gasteiger partial charge is 0.491 e. The van der Waals surface area contributed by atoms with Crippen LogP contribution in [0.15, 0.2) is 24.3 Å². The van der Waals surface area contributed by atoms with Gasteiger partial charge in [-0.2, -0.15) is 0 Å². The summed E-state index contributed by atoms with van der Waals surface area (Å²) < 4.78 is 5.60. The second-order valence-corrected chi connectivity index (χ2v) is 5.24. The third-order valence-electron chi connectivity index (χ3n) is 3.73. The molecule has 0 radical (unpaired) electrons. The maximum Gasteiger partial charge on any atom is 0.318 e. The van der Waals surface area contributed by atoms with Gasteiger partial charge in [-0.3, -0.25) is 4.79 Å². The van der Waals surface area contributed by atoms with E-state index < -0.39 is 17.9 Å². The molecule has 2 unspecified atom stereocenters. The molecule has 0 fully saturated rings. The number of carboxylic acid groups (broad SMARTS) is 1. The molecule has 0 spiro atoms. The first-order valence-corrected chi connectivity index (χ1v) is 6.98. The van der Waals surface area contributed by atoms with Crippen molar-refractivity contribution in [3.63, 3.8) is 0 Å². The summed E-state index contributed by atoms with van der Waals surface area (Å²) in [5.41, 5.74) is 0.948. The second kappa shape index (κ2) is 6.47. The van der Waals surface area contributed by atoms with E-state index in [-0.39, 0.29) is 6.03 Å². The molecule has 2 atom stereocenters. The number of benzene rings is 1. The Morgan fingerprint density at radius 1 is 1.33 bits per heavy atom. The van der Waals surface area contributed by atoms with Crippen LogP contribution in [0.3, 0.4) is 0 Å². The third kappa shape index (κ3) is 3.65. The van der Waals surface area contributed by atoms with Gasteiger partial charge in [0.15, 0.2) is 0 Å². The summed E-state index contributed by atoms with van der Waals surface area (Å²) in [7, 11) is 0. The molecule has 1 aromatic rings. The van der Waals surface area contributed by atoms with Crippen molar-refractivity contribution in [2.24, 2.45) is 5.92 Å². The number of para-hydroxylation sites is 1. The highest BCUT2D eigenvalue weighted by molar-refractivity contribution is 5.76. The second-order valence-electron chi connectivity index (χ2n) is 5.24. The number of carbonyl (C=O) groups is 2. The van der Waals surface area contributed by atoms with Crippen LogP contribution in [0.25, 0.3) is 0 Å². The predicted molar refractivity (Wildman–Crippen MR) is 77.1 cm³/mol. The normalized spacial score (nSPS) is 17.0. The monoisotopic (exact) mass is 292 g/mol. The lowest BCUT2D eigenvalue weighted by molar-refractivity contribution is -0.141. The maximum absolute atomic E-state index is 12.3. The number of fused-ring (bicyclic) bond motifs is 1. The van der Waals surface area contributed by atoms with Gasteiger partial charge >= 0.3 is 12.0 Å². The van der Waals surface area contributed by atoms with Gasteiger partial charge in [-0.25, -0.2) is 4.79 Å². The van der Waals surface area contributed by atoms with Crippen LogP contribution < -0.4 is 10.1 Å². The Labute approximate surface area is 123 Å². The van der Waals surface area contributed by atoms with Crippen molar-refractivity contribution in [1.82, 2.24) is 10.2 Å². The number of ether oxygens (including phenoxy) is 1. The van der Waals surface area contributed by atoms with Crippen LogP contribution in [-0.2, 0) is 11.3 Å². The standard InChI is InChI=1S/C15H20N2O4/c1-10(14(18)19)11(2)16-15(20)17-7-8-21-13-6-4-3-5-12(13)9-17/h3-6,10-11H,7-9H2,1-2H3,(H,16,20)(H,18,19). The third-order valence-corrected chi connectivity index (χ3v) is 3.73. The van der Waals surface area contributed by atoms with Crippen molar-refractivity contribution in [2.45, 2.75) is 26.4 Å². The fourth-order valence-electron chi connectivity index (χ4n) is 2.12. The highest BCUT2D eigenvalue weighted by Crippen LogP contribution is 2.22. The molecule has 2 amide bonds. The molecule has 0 saturated carbocycles. The summed E-state index contributed by atoms with van der Waals surface area (Å²) in [5.74, 6) is -0.767. The molecule has 2 N–H and O–H groups in total. The first-order valence-electron chi connectivity index (χ1n) is 6.98. The van der Waals surface area contributed by atoms with E-state index >= 15 is 0 Å². The average Bonchev–Trinajstić information content (AvgIpc) is 2.68. The van der Waals surface area contributed by atoms with Crippen molar-refractivity contribution < 1.29 is 19.4 Å². The lowest BCUT2D eigenvalue weighted by Crippen LogP contribution is -2.47. The molecule has 6 heteroatoms. The van der Waals surface area contributed by atoms with E-state index in [0.717, 1.165) is 11.3 Å². The van der Waals surface area contributed by atoms with Gasteiger partial charge in [-0.1, -0.05) is 18.2 Å². The van der Waals surface area contributed by atoms with Crippen LogP contribution in [0.1, 0.15) is 19.4 Å². The summed E-state index contributed by atoms with van der Waals surface area (Å²) in [4.78, 5) is 24.8. The van der Waals surface area contributed by atoms with Crippen molar-refractivity contribution in [3.05, 3.63) is 29.8 Å². The Kier molecular flexibility index (Phi) is 4.67. The maximum atomic E-state index is 12.3. The molecular formula is C15H20N2O4. The van der Waals surface area contributed by atoms with E-state index in [4.69, 9.17) is 9.84 Å². The van der Waals surface area contributed by atoms with E-state index in [1.807, 2.05) is 24.3 Å². The summed E-state index contributed by atoms with van der Waals surface area (Å²) in [5, 5.41) is 11.7. The first-order chi connectivity index (χ1) is 9.99. The summed E-state index contributed by atoms with van der Waals surface area (Å²) in [6, 6.07) is 6.89. The minimum atomic E-state index is -0.924. The quantitative estimate of drug-likeness (QED) is 0.888. The van der Waals surface area contributed by atoms with Crippen LogP contribution in [-0.4, -0.2) is 41.2 Å². The molecule has 0 aromatic heterocycles. The van der Waals surface area contributed by atoms with E-state index in [1.54, 1.807) is 18.7 Å². The van der Waals surface area contributed by atoms with Crippen LogP contribution in [0.4, 0.5) is 4.79 Å². The number of carbonyl (C=O) groups excluding carboxylic acids is 1. The Balaban J connectivity index is 2.02. The van der Waals surface area contributed by atoms with Crippen LogP contribution in [0, 0.1) is 5.92 Å². The summed E-state index contributed by atoms with van der Waals surface area (Å²) in [6.45, 7) is 4.62. The van der Waals surface area contributed by atoms with Crippen LogP contribution in [0.2, 0.25) is 0 Å². The van der Waals surface area contributed by atoms with Crippen molar-refractivity contribution in [3.8, 4) is 5.75 Å². The molecule has 2 rings (SSSR count). The van der Waals surface area contributed by atoms with Gasteiger partial charge < -0.3 is 20.1 Å². The number of carboxylic acids is 1. The first kappa shape index (κ1) is 15.2. The zero-order chi connectivity index (χ0) is 15.4. The van der Waals surface area contributed by atoms with E-state index in [9.17, 15) is 9.59 Å². The van der Waals surface area contributed by atoms with Gasteiger partial charge in [0, 0.05) is 11.6 Å². The lowest BCUT2D eigenvalue weighted by Gasteiger charge is -2.24. The van der Waals surface area contributed by atoms with Crippen molar-refractivity contribution in [2.75, 3.05) is 13.2 Å². The average molecular weight is 292 g/mol. The predicted octanol–water partition coefficient (Wildman–Crippen LogP) is 1.70. The van der Waals surface area contributed by atoms with Crippen LogP contribution >= 0.6 is 0 Å². The molecule has 114 valence electrons. The Morgan fingerprint density at radius 2 is 2.05 bits per heavy atom. The molecule has 1 aromatic carbocycles. The minimum Gasteiger partial charge on any atom is -0.491 e. The zero-order valence-electron chi connectivity index (χ0n) is 12.2. The number of hydrogen-bond acceptors (Lipinski definition) is 3. The number of amides is 2. The molecule has 1 aliphatic rings. The molecule has 21 heavy (non-hydrogen) atoms.